The van der Waals surface area contributed by atoms with Gasteiger partial charge in [-0.05, 0) is 12.8 Å². The van der Waals surface area contributed by atoms with Crippen molar-refractivity contribution >= 4 is 22.9 Å². The van der Waals surface area contributed by atoms with Crippen molar-refractivity contribution in [1.29, 1.82) is 0 Å². The molecule has 0 atom stereocenters. The van der Waals surface area contributed by atoms with E-state index in [4.69, 9.17) is 4.42 Å². The van der Waals surface area contributed by atoms with Gasteiger partial charge in [-0.15, -0.1) is 0 Å². The number of H-pyrrole nitrogens is 1. The van der Waals surface area contributed by atoms with E-state index in [-0.39, 0.29) is 11.8 Å². The van der Waals surface area contributed by atoms with Gasteiger partial charge in [0.1, 0.15) is 5.69 Å². The minimum atomic E-state index is -0.149. The molecule has 3 rings (SSSR count). The Bertz CT molecular complexity index is 600. The number of furan rings is 1. The number of rotatable bonds is 5. The molecule has 1 fully saturated rings. The number of hydrogen-bond acceptors (Lipinski definition) is 3. The van der Waals surface area contributed by atoms with E-state index in [0.29, 0.717) is 30.8 Å². The van der Waals surface area contributed by atoms with Crippen LogP contribution < -0.4 is 5.32 Å². The quantitative estimate of drug-likeness (QED) is 0.812. The molecule has 6 heteroatoms. The highest BCUT2D eigenvalue weighted by atomic mass is 16.3. The van der Waals surface area contributed by atoms with Crippen LogP contribution in [0.25, 0.3) is 11.1 Å². The maximum atomic E-state index is 11.9. The van der Waals surface area contributed by atoms with Crippen LogP contribution in [0, 0.1) is 0 Å². The summed E-state index contributed by atoms with van der Waals surface area (Å²) in [5, 5.41) is 2.84. The number of likely N-dealkylation sites (tertiary alicyclic amines) is 1. The molecule has 6 nitrogen and oxygen atoms in total. The van der Waals surface area contributed by atoms with Crippen LogP contribution in [0.15, 0.2) is 22.8 Å². The van der Waals surface area contributed by atoms with Crippen molar-refractivity contribution in [1.82, 2.24) is 15.2 Å². The predicted octanol–water partition coefficient (Wildman–Crippen LogP) is 1.50. The summed E-state index contributed by atoms with van der Waals surface area (Å²) in [6, 6.07) is 3.47. The van der Waals surface area contributed by atoms with Crippen molar-refractivity contribution in [2.75, 3.05) is 19.6 Å². The summed E-state index contributed by atoms with van der Waals surface area (Å²) < 4.78 is 5.20. The standard InChI is InChI=1S/C14H17N3O3/c18-13-3-1-6-17(13)7-2-5-15-14(19)11-9-12-10(16-11)4-8-20-12/h4,8-9,16H,1-3,5-7H2,(H,15,19). The van der Waals surface area contributed by atoms with E-state index < -0.39 is 0 Å². The van der Waals surface area contributed by atoms with Crippen molar-refractivity contribution in [3.8, 4) is 0 Å². The zero-order valence-corrected chi connectivity index (χ0v) is 11.1. The monoisotopic (exact) mass is 275 g/mol. The van der Waals surface area contributed by atoms with Gasteiger partial charge >= 0.3 is 0 Å². The Morgan fingerprint density at radius 1 is 1.50 bits per heavy atom. The van der Waals surface area contributed by atoms with Crippen LogP contribution >= 0.6 is 0 Å². The number of aromatic nitrogens is 1. The Hall–Kier alpha value is -2.24. The lowest BCUT2D eigenvalue weighted by Crippen LogP contribution is -2.30. The molecule has 2 N–H and O–H groups in total. The molecule has 2 aromatic heterocycles. The summed E-state index contributed by atoms with van der Waals surface area (Å²) in [5.74, 6) is 0.0743. The first-order valence-electron chi connectivity index (χ1n) is 6.86. The summed E-state index contributed by atoms with van der Waals surface area (Å²) in [5.41, 5.74) is 1.99. The molecule has 3 heterocycles. The lowest BCUT2D eigenvalue weighted by Gasteiger charge is -2.15. The van der Waals surface area contributed by atoms with Gasteiger partial charge < -0.3 is 19.6 Å². The van der Waals surface area contributed by atoms with Crippen LogP contribution in [0.5, 0.6) is 0 Å². The second kappa shape index (κ2) is 5.40. The lowest BCUT2D eigenvalue weighted by molar-refractivity contribution is -0.127. The number of carbonyl (C=O) groups excluding carboxylic acids is 2. The van der Waals surface area contributed by atoms with Gasteiger partial charge in [0, 0.05) is 38.2 Å². The molecular formula is C14H17N3O3. The van der Waals surface area contributed by atoms with Gasteiger partial charge in [-0.1, -0.05) is 0 Å². The van der Waals surface area contributed by atoms with Crippen molar-refractivity contribution in [3.63, 3.8) is 0 Å². The van der Waals surface area contributed by atoms with E-state index in [9.17, 15) is 9.59 Å². The van der Waals surface area contributed by atoms with Crippen molar-refractivity contribution in [2.45, 2.75) is 19.3 Å². The minimum absolute atomic E-state index is 0.149. The maximum absolute atomic E-state index is 11.9. The Labute approximate surface area is 116 Å². The molecule has 0 bridgehead atoms. The third-order valence-electron chi connectivity index (χ3n) is 3.55. The lowest BCUT2D eigenvalue weighted by atomic mass is 10.3. The van der Waals surface area contributed by atoms with Crippen molar-refractivity contribution < 1.29 is 14.0 Å². The van der Waals surface area contributed by atoms with Gasteiger partial charge in [-0.2, -0.15) is 0 Å². The second-order valence-electron chi connectivity index (χ2n) is 4.98. The average molecular weight is 275 g/mol. The Balaban J connectivity index is 1.45. The van der Waals surface area contributed by atoms with Gasteiger partial charge in [0.2, 0.25) is 5.91 Å². The fourth-order valence-corrected chi connectivity index (χ4v) is 2.48. The highest BCUT2D eigenvalue weighted by Gasteiger charge is 2.19. The molecule has 1 aliphatic heterocycles. The highest BCUT2D eigenvalue weighted by Crippen LogP contribution is 2.15. The zero-order chi connectivity index (χ0) is 13.9. The topological polar surface area (TPSA) is 78.3 Å². The van der Waals surface area contributed by atoms with Crippen LogP contribution in [0.4, 0.5) is 0 Å². The molecule has 20 heavy (non-hydrogen) atoms. The summed E-state index contributed by atoms with van der Waals surface area (Å²) >= 11 is 0. The van der Waals surface area contributed by atoms with Crippen LogP contribution in [0.1, 0.15) is 29.8 Å². The van der Waals surface area contributed by atoms with Gasteiger partial charge in [0.25, 0.3) is 5.91 Å². The van der Waals surface area contributed by atoms with E-state index in [2.05, 4.69) is 10.3 Å². The van der Waals surface area contributed by atoms with Gasteiger partial charge in [0.05, 0.1) is 11.8 Å². The number of nitrogens with one attached hydrogen (secondary N) is 2. The second-order valence-corrected chi connectivity index (χ2v) is 4.98. The summed E-state index contributed by atoms with van der Waals surface area (Å²) in [7, 11) is 0. The highest BCUT2D eigenvalue weighted by molar-refractivity contribution is 5.96. The number of aromatic amines is 1. The van der Waals surface area contributed by atoms with Crippen LogP contribution in [-0.2, 0) is 4.79 Å². The summed E-state index contributed by atoms with van der Waals surface area (Å²) in [4.78, 5) is 28.2. The normalized spacial score (nSPS) is 15.2. The predicted molar refractivity (Wildman–Crippen MR) is 73.3 cm³/mol. The SMILES string of the molecule is O=C(NCCCN1CCCC1=O)c1cc2occc2[nH]1. The molecule has 0 aromatic carbocycles. The average Bonchev–Trinajstić information content (AvgIpc) is 3.09. The third kappa shape index (κ3) is 2.54. The molecule has 2 aromatic rings. The molecule has 106 valence electrons. The minimum Gasteiger partial charge on any atom is -0.463 e. The van der Waals surface area contributed by atoms with E-state index in [1.165, 1.54) is 0 Å². The molecule has 0 radical (unpaired) electrons. The molecule has 1 saturated heterocycles. The molecular weight excluding hydrogens is 258 g/mol. The molecule has 0 aliphatic carbocycles. The number of nitrogens with zero attached hydrogens (tertiary/aromatic N) is 1. The maximum Gasteiger partial charge on any atom is 0.267 e. The number of amides is 2. The van der Waals surface area contributed by atoms with Gasteiger partial charge in [0.15, 0.2) is 5.58 Å². The molecule has 0 spiro atoms. The molecule has 0 saturated carbocycles. The third-order valence-corrected chi connectivity index (χ3v) is 3.55. The van der Waals surface area contributed by atoms with E-state index in [1.807, 2.05) is 4.90 Å². The molecule has 0 unspecified atom stereocenters. The Morgan fingerprint density at radius 3 is 3.15 bits per heavy atom. The largest absolute Gasteiger partial charge is 0.463 e. The van der Waals surface area contributed by atoms with E-state index >= 15 is 0 Å². The number of fused-ring (bicyclic) bond motifs is 1. The van der Waals surface area contributed by atoms with Gasteiger partial charge in [-0.25, -0.2) is 0 Å². The van der Waals surface area contributed by atoms with E-state index in [0.717, 1.165) is 24.9 Å². The zero-order valence-electron chi connectivity index (χ0n) is 11.1. The molecule has 2 amide bonds. The molecule has 1 aliphatic rings. The first kappa shape index (κ1) is 12.8. The smallest absolute Gasteiger partial charge is 0.267 e. The number of carbonyl (C=O) groups is 2. The number of hydrogen-bond donors (Lipinski definition) is 2. The van der Waals surface area contributed by atoms with Crippen molar-refractivity contribution in [2.24, 2.45) is 0 Å². The van der Waals surface area contributed by atoms with Crippen LogP contribution in [0.3, 0.4) is 0 Å². The first-order valence-corrected chi connectivity index (χ1v) is 6.86. The van der Waals surface area contributed by atoms with Crippen LogP contribution in [0.2, 0.25) is 0 Å². The Morgan fingerprint density at radius 2 is 2.40 bits per heavy atom. The summed E-state index contributed by atoms with van der Waals surface area (Å²) in [6.07, 6.45) is 3.96. The van der Waals surface area contributed by atoms with Gasteiger partial charge in [-0.3, -0.25) is 9.59 Å². The van der Waals surface area contributed by atoms with Crippen LogP contribution in [-0.4, -0.2) is 41.3 Å². The fraction of sp³-hybridized carbons (Fsp3) is 0.429. The van der Waals surface area contributed by atoms with E-state index in [1.54, 1.807) is 18.4 Å². The first-order chi connectivity index (χ1) is 9.74. The summed E-state index contributed by atoms with van der Waals surface area (Å²) in [6.45, 7) is 2.12. The fourth-order valence-electron chi connectivity index (χ4n) is 2.48. The Kier molecular flexibility index (Phi) is 3.45. The van der Waals surface area contributed by atoms with Crippen molar-refractivity contribution in [3.05, 3.63) is 24.1 Å².